The predicted octanol–water partition coefficient (Wildman–Crippen LogP) is 5.85. The first-order chi connectivity index (χ1) is 11.3. The van der Waals surface area contributed by atoms with Gasteiger partial charge in [-0.15, -0.1) is 11.3 Å². The van der Waals surface area contributed by atoms with Crippen LogP contribution >= 0.6 is 11.3 Å². The van der Waals surface area contributed by atoms with Crippen LogP contribution < -0.4 is 5.32 Å². The average molecular weight is 356 g/mol. The molecule has 0 aliphatic heterocycles. The van der Waals surface area contributed by atoms with Crippen LogP contribution in [0, 0.1) is 11.6 Å². The average Bonchev–Trinajstić information content (AvgIpc) is 2.97. The van der Waals surface area contributed by atoms with E-state index in [4.69, 9.17) is 0 Å². The molecule has 3 rings (SSSR count). The molecule has 2 aromatic carbocycles. The Morgan fingerprint density at radius 3 is 2.50 bits per heavy atom. The number of hydrogen-bond acceptors (Lipinski definition) is 3. The number of nitrogens with one attached hydrogen (secondary N) is 1. The van der Waals surface area contributed by atoms with Crippen molar-refractivity contribution in [3.63, 3.8) is 0 Å². The Morgan fingerprint density at radius 1 is 1.00 bits per heavy atom. The van der Waals surface area contributed by atoms with Crippen LogP contribution in [0.25, 0.3) is 11.3 Å². The molecule has 1 heterocycles. The monoisotopic (exact) mass is 356 g/mol. The fourth-order valence-electron chi connectivity index (χ4n) is 2.06. The number of alkyl halides is 3. The van der Waals surface area contributed by atoms with Gasteiger partial charge >= 0.3 is 6.18 Å². The van der Waals surface area contributed by atoms with Gasteiger partial charge in [-0.2, -0.15) is 13.2 Å². The third kappa shape index (κ3) is 3.53. The summed E-state index contributed by atoms with van der Waals surface area (Å²) in [5.41, 5.74) is -0.257. The number of anilines is 2. The highest BCUT2D eigenvalue weighted by Crippen LogP contribution is 2.34. The number of benzene rings is 2. The van der Waals surface area contributed by atoms with Crippen molar-refractivity contribution in [1.29, 1.82) is 0 Å². The predicted molar refractivity (Wildman–Crippen MR) is 82.2 cm³/mol. The molecule has 0 spiro atoms. The topological polar surface area (TPSA) is 24.9 Å². The molecule has 8 heteroatoms. The van der Waals surface area contributed by atoms with Gasteiger partial charge in [-0.1, -0.05) is 12.1 Å². The van der Waals surface area contributed by atoms with E-state index in [1.807, 2.05) is 0 Å². The van der Waals surface area contributed by atoms with Crippen molar-refractivity contribution in [3.05, 3.63) is 65.0 Å². The molecule has 0 bridgehead atoms. The third-order valence-corrected chi connectivity index (χ3v) is 3.91. The molecule has 24 heavy (non-hydrogen) atoms. The SMILES string of the molecule is Fc1cccc(-c2csc(Nc3ccc(F)c(C(F)(F)F)c3)n2)c1. The minimum absolute atomic E-state index is 0.0591. The molecule has 124 valence electrons. The van der Waals surface area contributed by atoms with E-state index in [-0.39, 0.29) is 5.69 Å². The standard InChI is InChI=1S/C16H9F5N2S/c17-10-3-1-2-9(6-10)14-8-24-15(23-14)22-11-4-5-13(18)12(7-11)16(19,20)21/h1-8H,(H,22,23). The van der Waals surface area contributed by atoms with E-state index in [0.717, 1.165) is 17.4 Å². The summed E-state index contributed by atoms with van der Waals surface area (Å²) in [6, 6.07) is 8.41. The number of nitrogens with zero attached hydrogens (tertiary/aromatic N) is 1. The van der Waals surface area contributed by atoms with Crippen molar-refractivity contribution in [3.8, 4) is 11.3 Å². The highest BCUT2D eigenvalue weighted by molar-refractivity contribution is 7.14. The van der Waals surface area contributed by atoms with Crippen molar-refractivity contribution in [2.24, 2.45) is 0 Å². The van der Waals surface area contributed by atoms with Crippen molar-refractivity contribution < 1.29 is 22.0 Å². The molecule has 0 unspecified atom stereocenters. The van der Waals surface area contributed by atoms with E-state index in [1.165, 1.54) is 24.3 Å². The highest BCUT2D eigenvalue weighted by Gasteiger charge is 2.34. The molecule has 1 N–H and O–H groups in total. The molecule has 1 aromatic heterocycles. The second-order valence-corrected chi connectivity index (χ2v) is 5.72. The van der Waals surface area contributed by atoms with Gasteiger partial charge in [0.15, 0.2) is 5.13 Å². The van der Waals surface area contributed by atoms with Crippen molar-refractivity contribution in [1.82, 2.24) is 4.98 Å². The zero-order valence-electron chi connectivity index (χ0n) is 11.9. The lowest BCUT2D eigenvalue weighted by Crippen LogP contribution is -2.08. The first-order valence-corrected chi connectivity index (χ1v) is 7.56. The van der Waals surface area contributed by atoms with Gasteiger partial charge in [0, 0.05) is 16.6 Å². The van der Waals surface area contributed by atoms with Gasteiger partial charge in [-0.3, -0.25) is 0 Å². The minimum Gasteiger partial charge on any atom is -0.332 e. The summed E-state index contributed by atoms with van der Waals surface area (Å²) >= 11 is 1.14. The zero-order valence-corrected chi connectivity index (χ0v) is 12.7. The maximum atomic E-state index is 13.3. The molecule has 0 saturated carbocycles. The fourth-order valence-corrected chi connectivity index (χ4v) is 2.80. The normalized spacial score (nSPS) is 11.5. The Morgan fingerprint density at radius 2 is 1.79 bits per heavy atom. The van der Waals surface area contributed by atoms with E-state index in [9.17, 15) is 22.0 Å². The first kappa shape index (κ1) is 16.4. The quantitative estimate of drug-likeness (QED) is 0.596. The minimum atomic E-state index is -4.78. The zero-order chi connectivity index (χ0) is 17.3. The van der Waals surface area contributed by atoms with Gasteiger partial charge in [0.2, 0.25) is 0 Å². The van der Waals surface area contributed by atoms with Crippen LogP contribution in [0.15, 0.2) is 47.8 Å². The van der Waals surface area contributed by atoms with Gasteiger partial charge in [0.25, 0.3) is 0 Å². The summed E-state index contributed by atoms with van der Waals surface area (Å²) in [5.74, 6) is -1.75. The molecular formula is C16H9F5N2S. The Bertz CT molecular complexity index is 873. The lowest BCUT2D eigenvalue weighted by atomic mass is 10.2. The smallest absolute Gasteiger partial charge is 0.332 e. The van der Waals surface area contributed by atoms with Gasteiger partial charge in [0.1, 0.15) is 11.6 Å². The van der Waals surface area contributed by atoms with Gasteiger partial charge in [0.05, 0.1) is 11.3 Å². The number of hydrogen-bond donors (Lipinski definition) is 1. The summed E-state index contributed by atoms with van der Waals surface area (Å²) < 4.78 is 64.6. The molecule has 0 aliphatic carbocycles. The van der Waals surface area contributed by atoms with Crippen LogP contribution in [0.2, 0.25) is 0 Å². The van der Waals surface area contributed by atoms with E-state index in [2.05, 4.69) is 10.3 Å². The third-order valence-electron chi connectivity index (χ3n) is 3.15. The van der Waals surface area contributed by atoms with Gasteiger partial charge in [-0.25, -0.2) is 13.8 Å². The second-order valence-electron chi connectivity index (χ2n) is 4.87. The Kier molecular flexibility index (Phi) is 4.23. The molecule has 2 nitrogen and oxygen atoms in total. The van der Waals surface area contributed by atoms with Crippen LogP contribution in [-0.4, -0.2) is 4.98 Å². The summed E-state index contributed by atoms with van der Waals surface area (Å²) in [4.78, 5) is 4.20. The molecular weight excluding hydrogens is 347 g/mol. The van der Waals surface area contributed by atoms with Gasteiger partial charge in [-0.05, 0) is 30.3 Å². The summed E-state index contributed by atoms with van der Waals surface area (Å²) in [7, 11) is 0. The number of aromatic nitrogens is 1. The molecule has 0 radical (unpaired) electrons. The van der Waals surface area contributed by atoms with Crippen LogP contribution in [0.1, 0.15) is 5.56 Å². The number of rotatable bonds is 3. The van der Waals surface area contributed by atoms with Crippen LogP contribution in [0.5, 0.6) is 0 Å². The number of halogens is 5. The number of thiazole rings is 1. The van der Waals surface area contributed by atoms with Gasteiger partial charge < -0.3 is 5.32 Å². The van der Waals surface area contributed by atoms with Crippen LogP contribution in [0.3, 0.4) is 0 Å². The Hall–Kier alpha value is -2.48. The molecule has 3 aromatic rings. The van der Waals surface area contributed by atoms with E-state index in [1.54, 1.807) is 11.4 Å². The lowest BCUT2D eigenvalue weighted by Gasteiger charge is -2.10. The molecule has 0 aliphatic rings. The van der Waals surface area contributed by atoms with Crippen molar-refractivity contribution in [2.75, 3.05) is 5.32 Å². The van der Waals surface area contributed by atoms with E-state index >= 15 is 0 Å². The lowest BCUT2D eigenvalue weighted by molar-refractivity contribution is -0.139. The first-order valence-electron chi connectivity index (χ1n) is 6.68. The molecule has 0 fully saturated rings. The molecule has 0 atom stereocenters. The summed E-state index contributed by atoms with van der Waals surface area (Å²) in [6.45, 7) is 0. The molecule has 0 amide bonds. The van der Waals surface area contributed by atoms with E-state index in [0.29, 0.717) is 22.5 Å². The Balaban J connectivity index is 1.85. The second kappa shape index (κ2) is 6.20. The van der Waals surface area contributed by atoms with Crippen LogP contribution in [-0.2, 0) is 6.18 Å². The van der Waals surface area contributed by atoms with E-state index < -0.39 is 23.4 Å². The molecule has 0 saturated heterocycles. The summed E-state index contributed by atoms with van der Waals surface area (Å²) in [5, 5.41) is 4.65. The highest BCUT2D eigenvalue weighted by atomic mass is 32.1. The fraction of sp³-hybridized carbons (Fsp3) is 0.0625. The van der Waals surface area contributed by atoms with Crippen LogP contribution in [0.4, 0.5) is 32.8 Å². The maximum absolute atomic E-state index is 13.3. The van der Waals surface area contributed by atoms with Crippen molar-refractivity contribution in [2.45, 2.75) is 6.18 Å². The largest absolute Gasteiger partial charge is 0.419 e. The maximum Gasteiger partial charge on any atom is 0.419 e. The van der Waals surface area contributed by atoms with Crippen molar-refractivity contribution >= 4 is 22.2 Å². The summed E-state index contributed by atoms with van der Waals surface area (Å²) in [6.07, 6.45) is -4.78. The Labute approximate surface area is 137 Å².